The van der Waals surface area contributed by atoms with E-state index < -0.39 is 78.1 Å². The summed E-state index contributed by atoms with van der Waals surface area (Å²) >= 11 is 0. The molecular weight excluding hydrogens is 616 g/mol. The Kier molecular flexibility index (Phi) is 11.9. The van der Waals surface area contributed by atoms with E-state index in [0.717, 1.165) is 10.9 Å². The molecule has 1 fully saturated rings. The van der Waals surface area contributed by atoms with Crippen molar-refractivity contribution in [1.82, 2.24) is 31.6 Å². The average molecular weight is 661 g/mol. The molecule has 48 heavy (non-hydrogen) atoms. The predicted octanol–water partition coefficient (Wildman–Crippen LogP) is 1.57. The first-order valence-electron chi connectivity index (χ1n) is 16.1. The molecule has 1 aromatic heterocycles. The van der Waals surface area contributed by atoms with Gasteiger partial charge in [0.2, 0.25) is 29.5 Å². The van der Waals surface area contributed by atoms with Gasteiger partial charge in [-0.2, -0.15) is 0 Å². The van der Waals surface area contributed by atoms with Crippen LogP contribution in [0.5, 0.6) is 0 Å². The number of aromatic nitrogens is 1. The van der Waals surface area contributed by atoms with E-state index in [0.29, 0.717) is 11.1 Å². The maximum atomic E-state index is 13.9. The lowest BCUT2D eigenvalue weighted by molar-refractivity contribution is -0.141. The van der Waals surface area contributed by atoms with Gasteiger partial charge < -0.3 is 36.7 Å². The van der Waals surface area contributed by atoms with Gasteiger partial charge in [-0.3, -0.25) is 28.8 Å². The number of aliphatic carboxylic acids is 1. The average Bonchev–Trinajstić information content (AvgIpc) is 3.44. The molecule has 5 atom stereocenters. The Bertz CT molecular complexity index is 1640. The van der Waals surface area contributed by atoms with Crippen molar-refractivity contribution in [2.24, 2.45) is 11.8 Å². The zero-order valence-corrected chi connectivity index (χ0v) is 27.5. The standard InChI is InChI=1S/C35H44N6O7/c1-19(2)14-25-31(44)38-27(16-22-18-36-24-13-9-8-12-23(22)24)32(45)39-28(17-29(42)43)33(46)37-26(15-21-10-6-5-7-11-21)34(47)41-30(20(3)4)35(48)40-25/h5-13,18-20,25-28,30,36H,14-17H2,1-4H3,(H,37,46)(H,38,44)(H,39,45)(H,40,48)(H,41,47)(H,42,43)/t25-,26-,27+,28+,30+/m1/s1. The molecule has 0 radical (unpaired) electrons. The molecule has 0 unspecified atom stereocenters. The first-order chi connectivity index (χ1) is 22.8. The fourth-order valence-corrected chi connectivity index (χ4v) is 5.74. The smallest absolute Gasteiger partial charge is 0.305 e. The summed E-state index contributed by atoms with van der Waals surface area (Å²) in [6.45, 7) is 7.25. The van der Waals surface area contributed by atoms with Crippen molar-refractivity contribution in [2.75, 3.05) is 0 Å². The first-order valence-corrected chi connectivity index (χ1v) is 16.1. The van der Waals surface area contributed by atoms with Crippen LogP contribution >= 0.6 is 0 Å². The second kappa shape index (κ2) is 16.1. The zero-order valence-electron chi connectivity index (χ0n) is 27.5. The second-order valence-electron chi connectivity index (χ2n) is 13.0. The van der Waals surface area contributed by atoms with Gasteiger partial charge in [-0.25, -0.2) is 0 Å². The van der Waals surface area contributed by atoms with Crippen LogP contribution in [-0.4, -0.2) is 75.8 Å². The van der Waals surface area contributed by atoms with Crippen LogP contribution in [0, 0.1) is 11.8 Å². The second-order valence-corrected chi connectivity index (χ2v) is 13.0. The van der Waals surface area contributed by atoms with E-state index in [1.54, 1.807) is 50.4 Å². The summed E-state index contributed by atoms with van der Waals surface area (Å²) in [5.41, 5.74) is 2.21. The molecule has 0 spiro atoms. The Balaban J connectivity index is 1.77. The SMILES string of the molecule is CC(C)C[C@H]1NC(=O)[C@H](C(C)C)NC(=O)[C@@H](Cc2ccccc2)NC(=O)[C@H](CC(=O)O)NC(=O)[C@H](Cc2c[nH]c3ccccc23)NC1=O. The molecular formula is C35H44N6O7. The highest BCUT2D eigenvalue weighted by Gasteiger charge is 2.36. The fourth-order valence-electron chi connectivity index (χ4n) is 5.74. The number of rotatable bonds is 9. The van der Waals surface area contributed by atoms with Gasteiger partial charge in [-0.15, -0.1) is 0 Å². The van der Waals surface area contributed by atoms with Crippen molar-refractivity contribution in [2.45, 2.75) is 83.6 Å². The number of carbonyl (C=O) groups is 6. The minimum Gasteiger partial charge on any atom is -0.481 e. The number of hydrogen-bond donors (Lipinski definition) is 7. The van der Waals surface area contributed by atoms with Crippen molar-refractivity contribution in [3.63, 3.8) is 0 Å². The Hall–Kier alpha value is -5.20. The van der Waals surface area contributed by atoms with E-state index in [2.05, 4.69) is 31.6 Å². The van der Waals surface area contributed by atoms with Crippen molar-refractivity contribution in [3.05, 3.63) is 71.9 Å². The summed E-state index contributed by atoms with van der Waals surface area (Å²) in [5, 5.41) is 23.9. The Morgan fingerprint density at radius 3 is 1.85 bits per heavy atom. The number of H-pyrrole nitrogens is 1. The Morgan fingerprint density at radius 2 is 1.21 bits per heavy atom. The molecule has 0 aliphatic carbocycles. The summed E-state index contributed by atoms with van der Waals surface area (Å²) in [5.74, 6) is -5.42. The summed E-state index contributed by atoms with van der Waals surface area (Å²) in [4.78, 5) is 83.8. The molecule has 5 amide bonds. The summed E-state index contributed by atoms with van der Waals surface area (Å²) in [6, 6.07) is 10.1. The van der Waals surface area contributed by atoms with Crippen molar-refractivity contribution >= 4 is 46.4 Å². The van der Waals surface area contributed by atoms with Crippen LogP contribution in [0.15, 0.2) is 60.8 Å². The van der Waals surface area contributed by atoms with E-state index in [9.17, 15) is 33.9 Å². The molecule has 2 aromatic carbocycles. The van der Waals surface area contributed by atoms with E-state index in [-0.39, 0.29) is 25.2 Å². The molecule has 1 aliphatic heterocycles. The summed E-state index contributed by atoms with van der Waals surface area (Å²) in [6.07, 6.45) is 1.19. The van der Waals surface area contributed by atoms with Gasteiger partial charge in [0.05, 0.1) is 6.42 Å². The third-order valence-corrected chi connectivity index (χ3v) is 8.25. The maximum Gasteiger partial charge on any atom is 0.305 e. The monoisotopic (exact) mass is 660 g/mol. The van der Waals surface area contributed by atoms with Gasteiger partial charge in [0, 0.05) is 29.9 Å². The molecule has 13 nitrogen and oxygen atoms in total. The Morgan fingerprint density at radius 1 is 0.667 bits per heavy atom. The zero-order chi connectivity index (χ0) is 35.0. The third-order valence-electron chi connectivity index (χ3n) is 8.25. The highest BCUT2D eigenvalue weighted by atomic mass is 16.4. The molecule has 2 heterocycles. The molecule has 13 heteroatoms. The first kappa shape index (κ1) is 35.7. The van der Waals surface area contributed by atoms with Crippen LogP contribution in [0.2, 0.25) is 0 Å². The number of carboxylic acids is 1. The van der Waals surface area contributed by atoms with Crippen molar-refractivity contribution in [3.8, 4) is 0 Å². The van der Waals surface area contributed by atoms with Crippen LogP contribution in [0.1, 0.15) is 51.7 Å². The number of para-hydroxylation sites is 1. The third kappa shape index (κ3) is 9.43. The molecule has 1 aliphatic rings. The normalized spacial score (nSPS) is 23.0. The van der Waals surface area contributed by atoms with E-state index >= 15 is 0 Å². The van der Waals surface area contributed by atoms with Crippen LogP contribution in [0.3, 0.4) is 0 Å². The number of carboxylic acid groups (broad SMARTS) is 1. The number of amides is 5. The van der Waals surface area contributed by atoms with E-state index in [1.165, 1.54) is 0 Å². The van der Waals surface area contributed by atoms with Gasteiger partial charge in [0.25, 0.3) is 0 Å². The van der Waals surface area contributed by atoms with Gasteiger partial charge in [-0.1, -0.05) is 76.2 Å². The lowest BCUT2D eigenvalue weighted by Crippen LogP contribution is -2.59. The van der Waals surface area contributed by atoms with Crippen molar-refractivity contribution < 1.29 is 33.9 Å². The van der Waals surface area contributed by atoms with Crippen LogP contribution in [0.25, 0.3) is 10.9 Å². The number of benzene rings is 2. The number of nitrogens with one attached hydrogen (secondary N) is 6. The fraction of sp³-hybridized carbons (Fsp3) is 0.429. The van der Waals surface area contributed by atoms with Crippen molar-refractivity contribution in [1.29, 1.82) is 0 Å². The molecule has 7 N–H and O–H groups in total. The largest absolute Gasteiger partial charge is 0.481 e. The number of aromatic amines is 1. The van der Waals surface area contributed by atoms with Gasteiger partial charge >= 0.3 is 5.97 Å². The van der Waals surface area contributed by atoms with E-state index in [1.807, 2.05) is 38.1 Å². The molecule has 4 rings (SSSR count). The quantitative estimate of drug-likeness (QED) is 0.181. The topological polar surface area (TPSA) is 199 Å². The molecule has 3 aromatic rings. The molecule has 0 bridgehead atoms. The Labute approximate surface area is 279 Å². The summed E-state index contributed by atoms with van der Waals surface area (Å²) < 4.78 is 0. The highest BCUT2D eigenvalue weighted by molar-refractivity contribution is 5.99. The highest BCUT2D eigenvalue weighted by Crippen LogP contribution is 2.20. The summed E-state index contributed by atoms with van der Waals surface area (Å²) in [7, 11) is 0. The number of carbonyl (C=O) groups excluding carboxylic acids is 5. The van der Waals surface area contributed by atoms with Crippen LogP contribution < -0.4 is 26.6 Å². The number of fused-ring (bicyclic) bond motifs is 1. The van der Waals surface area contributed by atoms with Crippen LogP contribution in [-0.2, 0) is 41.6 Å². The van der Waals surface area contributed by atoms with E-state index in [4.69, 9.17) is 0 Å². The molecule has 1 saturated heterocycles. The predicted molar refractivity (Wildman–Crippen MR) is 178 cm³/mol. The lowest BCUT2D eigenvalue weighted by Gasteiger charge is -2.28. The lowest BCUT2D eigenvalue weighted by atomic mass is 9.98. The minimum atomic E-state index is -1.58. The van der Waals surface area contributed by atoms with Gasteiger partial charge in [-0.05, 0) is 35.4 Å². The van der Waals surface area contributed by atoms with Gasteiger partial charge in [0.1, 0.15) is 30.2 Å². The van der Waals surface area contributed by atoms with Crippen LogP contribution in [0.4, 0.5) is 0 Å². The number of hydrogen-bond acceptors (Lipinski definition) is 6. The van der Waals surface area contributed by atoms with Gasteiger partial charge in [0.15, 0.2) is 0 Å². The minimum absolute atomic E-state index is 0.00334. The molecule has 256 valence electrons. The molecule has 0 saturated carbocycles. The maximum absolute atomic E-state index is 13.9.